The predicted octanol–water partition coefficient (Wildman–Crippen LogP) is 2.94. The monoisotopic (exact) mass is 296 g/mol. The number of furan rings is 1. The van der Waals surface area contributed by atoms with Gasteiger partial charge < -0.3 is 14.7 Å². The van der Waals surface area contributed by atoms with E-state index in [2.05, 4.69) is 20.3 Å². The van der Waals surface area contributed by atoms with Crippen molar-refractivity contribution in [2.75, 3.05) is 5.32 Å². The second kappa shape index (κ2) is 6.26. The third kappa shape index (κ3) is 3.41. The van der Waals surface area contributed by atoms with Crippen LogP contribution in [0, 0.1) is 6.92 Å². The first-order valence-electron chi connectivity index (χ1n) is 7.02. The molecule has 0 saturated heterocycles. The topological polar surface area (TPSA) is 83.8 Å². The van der Waals surface area contributed by atoms with E-state index in [1.807, 2.05) is 25.1 Å². The van der Waals surface area contributed by atoms with Crippen molar-refractivity contribution in [1.82, 2.24) is 15.0 Å². The van der Waals surface area contributed by atoms with Gasteiger partial charge in [0.1, 0.15) is 23.2 Å². The van der Waals surface area contributed by atoms with E-state index in [0.29, 0.717) is 18.7 Å². The summed E-state index contributed by atoms with van der Waals surface area (Å²) in [4.78, 5) is 23.3. The van der Waals surface area contributed by atoms with Crippen LogP contribution in [-0.4, -0.2) is 20.9 Å². The van der Waals surface area contributed by atoms with Crippen LogP contribution in [0.15, 0.2) is 47.3 Å². The lowest BCUT2D eigenvalue weighted by Crippen LogP contribution is -2.13. The molecule has 1 amide bonds. The molecule has 0 aromatic carbocycles. The zero-order valence-corrected chi connectivity index (χ0v) is 12.2. The molecule has 0 atom stereocenters. The van der Waals surface area contributed by atoms with Crippen molar-refractivity contribution in [3.63, 3.8) is 0 Å². The van der Waals surface area contributed by atoms with Crippen LogP contribution in [0.4, 0.5) is 5.82 Å². The average molecular weight is 296 g/mol. The summed E-state index contributed by atoms with van der Waals surface area (Å²) >= 11 is 0. The molecular weight excluding hydrogens is 280 g/mol. The smallest absolute Gasteiger partial charge is 0.225 e. The average Bonchev–Trinajstić information content (AvgIpc) is 3.17. The lowest BCUT2D eigenvalue weighted by molar-refractivity contribution is -0.116. The fraction of sp³-hybridized carbons (Fsp3) is 0.188. The molecule has 3 heterocycles. The van der Waals surface area contributed by atoms with Crippen LogP contribution in [0.25, 0.3) is 11.4 Å². The van der Waals surface area contributed by atoms with Crippen LogP contribution < -0.4 is 5.32 Å². The Bertz CT molecular complexity index is 745. The number of anilines is 1. The van der Waals surface area contributed by atoms with Crippen molar-refractivity contribution in [2.45, 2.75) is 19.8 Å². The molecule has 2 N–H and O–H groups in total. The number of pyridine rings is 1. The molecule has 0 aliphatic carbocycles. The van der Waals surface area contributed by atoms with E-state index in [1.165, 1.54) is 0 Å². The molecule has 3 aromatic rings. The molecule has 6 nitrogen and oxygen atoms in total. The first-order valence-corrected chi connectivity index (χ1v) is 7.02. The Balaban J connectivity index is 1.55. The molecule has 0 bridgehead atoms. The maximum absolute atomic E-state index is 11.9. The number of aromatic nitrogens is 3. The highest BCUT2D eigenvalue weighted by Crippen LogP contribution is 2.15. The molecule has 22 heavy (non-hydrogen) atoms. The maximum atomic E-state index is 11.9. The molecule has 0 fully saturated rings. The molecular formula is C16H16N4O2. The molecule has 3 rings (SSSR count). The third-order valence-electron chi connectivity index (χ3n) is 3.20. The zero-order chi connectivity index (χ0) is 15.4. The van der Waals surface area contributed by atoms with E-state index in [-0.39, 0.29) is 5.91 Å². The van der Waals surface area contributed by atoms with Crippen LogP contribution >= 0.6 is 0 Å². The van der Waals surface area contributed by atoms with E-state index in [1.54, 1.807) is 24.7 Å². The minimum Gasteiger partial charge on any atom is -0.466 e. The molecule has 0 aliphatic rings. The van der Waals surface area contributed by atoms with Gasteiger partial charge in [0, 0.05) is 37.0 Å². The first kappa shape index (κ1) is 14.1. The molecule has 0 spiro atoms. The minimum absolute atomic E-state index is 0.0905. The summed E-state index contributed by atoms with van der Waals surface area (Å²) in [5.74, 6) is 2.85. The van der Waals surface area contributed by atoms with Crippen molar-refractivity contribution < 1.29 is 9.21 Å². The lowest BCUT2D eigenvalue weighted by atomic mass is 10.2. The number of aromatic amines is 1. The normalized spacial score (nSPS) is 10.6. The molecule has 112 valence electrons. The molecule has 0 saturated carbocycles. The number of nitrogens with zero attached hydrogens (tertiary/aromatic N) is 2. The zero-order valence-electron chi connectivity index (χ0n) is 12.2. The second-order valence-corrected chi connectivity index (χ2v) is 4.93. The van der Waals surface area contributed by atoms with Crippen LogP contribution in [0.2, 0.25) is 0 Å². The van der Waals surface area contributed by atoms with E-state index in [9.17, 15) is 4.79 Å². The minimum atomic E-state index is -0.0905. The Hall–Kier alpha value is -2.89. The number of amides is 1. The summed E-state index contributed by atoms with van der Waals surface area (Å²) in [7, 11) is 0. The van der Waals surface area contributed by atoms with Gasteiger partial charge in [-0.1, -0.05) is 0 Å². The Labute approximate surface area is 127 Å². The standard InChI is InChI=1S/C16H16N4O2/c1-11-2-4-13(22-11)5-7-15(21)20-14-6-3-12(10-19-14)16-17-8-9-18-16/h2-4,6,8-10H,5,7H2,1H3,(H,17,18)(H,19,20,21). The number of hydrogen-bond acceptors (Lipinski definition) is 4. The predicted molar refractivity (Wildman–Crippen MR) is 82.2 cm³/mol. The number of H-pyrrole nitrogens is 1. The number of aryl methyl sites for hydroxylation is 2. The van der Waals surface area contributed by atoms with Gasteiger partial charge in [0.25, 0.3) is 0 Å². The summed E-state index contributed by atoms with van der Waals surface area (Å²) in [6, 6.07) is 7.39. The van der Waals surface area contributed by atoms with Gasteiger partial charge in [0.2, 0.25) is 5.91 Å². The van der Waals surface area contributed by atoms with E-state index in [0.717, 1.165) is 22.9 Å². The fourth-order valence-electron chi connectivity index (χ4n) is 2.09. The number of carbonyl (C=O) groups is 1. The Kier molecular flexibility index (Phi) is 4.00. The van der Waals surface area contributed by atoms with Crippen molar-refractivity contribution in [3.8, 4) is 11.4 Å². The largest absolute Gasteiger partial charge is 0.466 e. The Morgan fingerprint density at radius 3 is 2.82 bits per heavy atom. The Morgan fingerprint density at radius 1 is 1.27 bits per heavy atom. The van der Waals surface area contributed by atoms with Crippen molar-refractivity contribution in [3.05, 3.63) is 54.4 Å². The van der Waals surface area contributed by atoms with Crippen molar-refractivity contribution in [2.24, 2.45) is 0 Å². The van der Waals surface area contributed by atoms with Gasteiger partial charge in [-0.3, -0.25) is 4.79 Å². The SMILES string of the molecule is Cc1ccc(CCC(=O)Nc2ccc(-c3ncc[nH]3)cn2)o1. The molecule has 0 unspecified atom stereocenters. The van der Waals surface area contributed by atoms with E-state index >= 15 is 0 Å². The maximum Gasteiger partial charge on any atom is 0.225 e. The van der Waals surface area contributed by atoms with Gasteiger partial charge in [0.15, 0.2) is 0 Å². The highest BCUT2D eigenvalue weighted by molar-refractivity contribution is 5.89. The summed E-state index contributed by atoms with van der Waals surface area (Å²) < 4.78 is 5.44. The van der Waals surface area contributed by atoms with Gasteiger partial charge in [-0.15, -0.1) is 0 Å². The number of nitrogens with one attached hydrogen (secondary N) is 2. The van der Waals surface area contributed by atoms with Crippen LogP contribution in [-0.2, 0) is 11.2 Å². The van der Waals surface area contributed by atoms with Crippen LogP contribution in [0.1, 0.15) is 17.9 Å². The van der Waals surface area contributed by atoms with Crippen molar-refractivity contribution in [1.29, 1.82) is 0 Å². The van der Waals surface area contributed by atoms with E-state index < -0.39 is 0 Å². The van der Waals surface area contributed by atoms with Crippen molar-refractivity contribution >= 4 is 11.7 Å². The van der Waals surface area contributed by atoms with Gasteiger partial charge in [-0.2, -0.15) is 0 Å². The highest BCUT2D eigenvalue weighted by Gasteiger charge is 2.07. The molecule has 0 radical (unpaired) electrons. The van der Waals surface area contributed by atoms with Crippen LogP contribution in [0.3, 0.4) is 0 Å². The second-order valence-electron chi connectivity index (χ2n) is 4.93. The lowest BCUT2D eigenvalue weighted by Gasteiger charge is -2.04. The van der Waals surface area contributed by atoms with Gasteiger partial charge in [-0.25, -0.2) is 9.97 Å². The fourth-order valence-corrected chi connectivity index (χ4v) is 2.09. The third-order valence-corrected chi connectivity index (χ3v) is 3.20. The molecule has 0 aliphatic heterocycles. The first-order chi connectivity index (χ1) is 10.7. The highest BCUT2D eigenvalue weighted by atomic mass is 16.3. The van der Waals surface area contributed by atoms with Crippen LogP contribution in [0.5, 0.6) is 0 Å². The number of imidazole rings is 1. The van der Waals surface area contributed by atoms with Gasteiger partial charge in [0.05, 0.1) is 0 Å². The molecule has 3 aromatic heterocycles. The summed E-state index contributed by atoms with van der Waals surface area (Å²) in [6.07, 6.45) is 6.03. The molecule has 6 heteroatoms. The van der Waals surface area contributed by atoms with Gasteiger partial charge in [-0.05, 0) is 31.2 Å². The van der Waals surface area contributed by atoms with E-state index in [4.69, 9.17) is 4.42 Å². The number of hydrogen-bond donors (Lipinski definition) is 2. The Morgan fingerprint density at radius 2 is 2.18 bits per heavy atom. The van der Waals surface area contributed by atoms with Gasteiger partial charge >= 0.3 is 0 Å². The quantitative estimate of drug-likeness (QED) is 0.758. The summed E-state index contributed by atoms with van der Waals surface area (Å²) in [6.45, 7) is 1.88. The summed E-state index contributed by atoms with van der Waals surface area (Å²) in [5.41, 5.74) is 0.869. The summed E-state index contributed by atoms with van der Waals surface area (Å²) in [5, 5.41) is 2.77. The number of carbonyl (C=O) groups excluding carboxylic acids is 1. The number of rotatable bonds is 5.